The average Bonchev–Trinajstić information content (AvgIpc) is 2.32. The lowest BCUT2D eigenvalue weighted by Crippen LogP contribution is -2.10. The lowest BCUT2D eigenvalue weighted by Gasteiger charge is -2.00. The molecular weight excluding hydrogens is 274 g/mol. The highest BCUT2D eigenvalue weighted by atomic mass is 32.3. The predicted molar refractivity (Wildman–Crippen MR) is 68.9 cm³/mol. The second-order valence-corrected chi connectivity index (χ2v) is 4.25. The summed E-state index contributed by atoms with van der Waals surface area (Å²) in [5.41, 5.74) is 7.31. The topological polar surface area (TPSA) is 146 Å². The fraction of sp³-hybridized carbons (Fsp3) is 0. The van der Waals surface area contributed by atoms with Crippen molar-refractivity contribution in [3.63, 3.8) is 0 Å². The monoisotopic (exact) mass is 285 g/mol. The third-order valence-electron chi connectivity index (χ3n) is 1.95. The van der Waals surface area contributed by atoms with Gasteiger partial charge in [0.1, 0.15) is 0 Å². The summed E-state index contributed by atoms with van der Waals surface area (Å²) in [6.45, 7) is 0. The molecule has 2 aromatic heterocycles. The molecule has 2 rings (SSSR count). The van der Waals surface area contributed by atoms with Crippen LogP contribution in [-0.4, -0.2) is 27.5 Å². The number of hydrogen-bond donors (Lipinski definition) is 4. The maximum atomic E-state index is 11.0. The predicted octanol–water partition coefficient (Wildman–Crippen LogP) is 0.366. The van der Waals surface area contributed by atoms with E-state index in [-0.39, 0.29) is 11.2 Å². The molecule has 0 bridgehead atoms. The van der Waals surface area contributed by atoms with Gasteiger partial charge in [-0.15, -0.1) is 0 Å². The van der Waals surface area contributed by atoms with E-state index in [2.05, 4.69) is 9.97 Å². The highest BCUT2D eigenvalue weighted by Gasteiger charge is 1.99. The van der Waals surface area contributed by atoms with Crippen LogP contribution in [0.4, 0.5) is 5.69 Å². The molecule has 9 heteroatoms. The van der Waals surface area contributed by atoms with Crippen LogP contribution in [0.15, 0.2) is 41.6 Å². The van der Waals surface area contributed by atoms with Crippen molar-refractivity contribution >= 4 is 16.1 Å². The Kier molecular flexibility index (Phi) is 4.75. The highest BCUT2D eigenvalue weighted by molar-refractivity contribution is 7.79. The maximum Gasteiger partial charge on any atom is 0.394 e. The van der Waals surface area contributed by atoms with E-state index in [0.717, 1.165) is 11.1 Å². The van der Waals surface area contributed by atoms with Gasteiger partial charge in [-0.05, 0) is 23.8 Å². The Balaban J connectivity index is 0.000000312. The molecule has 0 aliphatic carbocycles. The highest BCUT2D eigenvalue weighted by Crippen LogP contribution is 2.16. The van der Waals surface area contributed by atoms with Crippen molar-refractivity contribution in [1.82, 2.24) is 9.97 Å². The molecule has 0 amide bonds. The van der Waals surface area contributed by atoms with Gasteiger partial charge in [0.25, 0.3) is 5.56 Å². The van der Waals surface area contributed by atoms with Gasteiger partial charge in [0, 0.05) is 24.2 Å². The van der Waals surface area contributed by atoms with Crippen LogP contribution in [0.1, 0.15) is 0 Å². The van der Waals surface area contributed by atoms with E-state index in [1.54, 1.807) is 24.7 Å². The van der Waals surface area contributed by atoms with Crippen molar-refractivity contribution in [2.24, 2.45) is 0 Å². The molecule has 2 heterocycles. The van der Waals surface area contributed by atoms with Crippen LogP contribution >= 0.6 is 0 Å². The summed E-state index contributed by atoms with van der Waals surface area (Å²) in [6, 6.07) is 5.36. The minimum atomic E-state index is -4.67. The van der Waals surface area contributed by atoms with Gasteiger partial charge in [-0.1, -0.05) is 0 Å². The van der Waals surface area contributed by atoms with Gasteiger partial charge in [-0.2, -0.15) is 8.42 Å². The van der Waals surface area contributed by atoms with Crippen LogP contribution in [-0.2, 0) is 10.4 Å². The largest absolute Gasteiger partial charge is 0.394 e. The van der Waals surface area contributed by atoms with Gasteiger partial charge in [-0.3, -0.25) is 18.9 Å². The van der Waals surface area contributed by atoms with Crippen molar-refractivity contribution in [2.75, 3.05) is 5.73 Å². The summed E-state index contributed by atoms with van der Waals surface area (Å²) >= 11 is 0. The fourth-order valence-electron chi connectivity index (χ4n) is 1.21. The number of rotatable bonds is 1. The summed E-state index contributed by atoms with van der Waals surface area (Å²) in [7, 11) is -4.67. The molecule has 0 aliphatic rings. The second-order valence-electron chi connectivity index (χ2n) is 3.36. The number of nitrogens with two attached hydrogens (primary N) is 1. The first-order valence-electron chi connectivity index (χ1n) is 4.86. The number of anilines is 1. The van der Waals surface area contributed by atoms with Gasteiger partial charge >= 0.3 is 10.4 Å². The molecule has 0 saturated heterocycles. The van der Waals surface area contributed by atoms with Crippen molar-refractivity contribution in [1.29, 1.82) is 0 Å². The number of aromatic nitrogens is 2. The Hall–Kier alpha value is -2.23. The van der Waals surface area contributed by atoms with Crippen molar-refractivity contribution in [3.8, 4) is 11.1 Å². The number of aromatic amines is 1. The first-order valence-corrected chi connectivity index (χ1v) is 6.25. The SMILES string of the molecule is Nc1cc(-c2ccncc2)c[nH]c1=O.O=S(=O)(O)O. The zero-order valence-corrected chi connectivity index (χ0v) is 10.3. The number of hydrogen-bond acceptors (Lipinski definition) is 5. The van der Waals surface area contributed by atoms with E-state index >= 15 is 0 Å². The molecule has 0 aliphatic heterocycles. The van der Waals surface area contributed by atoms with E-state index in [1.165, 1.54) is 0 Å². The molecule has 5 N–H and O–H groups in total. The molecule has 0 atom stereocenters. The van der Waals surface area contributed by atoms with Crippen LogP contribution in [0.25, 0.3) is 11.1 Å². The smallest absolute Gasteiger partial charge is 0.394 e. The zero-order valence-electron chi connectivity index (χ0n) is 9.52. The van der Waals surface area contributed by atoms with Gasteiger partial charge in [0.15, 0.2) is 0 Å². The Morgan fingerprint density at radius 2 is 1.68 bits per heavy atom. The third-order valence-corrected chi connectivity index (χ3v) is 1.95. The Bertz CT molecular complexity index is 689. The lowest BCUT2D eigenvalue weighted by molar-refractivity contribution is 0.381. The van der Waals surface area contributed by atoms with Gasteiger partial charge in [0.05, 0.1) is 5.69 Å². The van der Waals surface area contributed by atoms with Gasteiger partial charge < -0.3 is 10.7 Å². The van der Waals surface area contributed by atoms with Crippen LogP contribution in [0.3, 0.4) is 0 Å². The van der Waals surface area contributed by atoms with E-state index in [9.17, 15) is 4.79 Å². The van der Waals surface area contributed by atoms with E-state index in [1.807, 2.05) is 12.1 Å². The van der Waals surface area contributed by atoms with Gasteiger partial charge in [-0.25, -0.2) is 0 Å². The molecule has 8 nitrogen and oxygen atoms in total. The minimum absolute atomic E-state index is 0.222. The number of nitrogen functional groups attached to an aromatic ring is 1. The number of nitrogens with one attached hydrogen (secondary N) is 1. The summed E-state index contributed by atoms with van der Waals surface area (Å²) in [4.78, 5) is 17.5. The Morgan fingerprint density at radius 3 is 2.16 bits per heavy atom. The fourth-order valence-corrected chi connectivity index (χ4v) is 1.21. The Labute approximate surface area is 108 Å². The third kappa shape index (κ3) is 5.77. The first-order chi connectivity index (χ1) is 8.77. The first kappa shape index (κ1) is 14.8. The number of pyridine rings is 2. The Morgan fingerprint density at radius 1 is 1.16 bits per heavy atom. The van der Waals surface area contributed by atoms with Crippen molar-refractivity contribution in [2.45, 2.75) is 0 Å². The molecule has 0 spiro atoms. The summed E-state index contributed by atoms with van der Waals surface area (Å²) in [5.74, 6) is 0. The maximum absolute atomic E-state index is 11.0. The van der Waals surface area contributed by atoms with E-state index in [4.69, 9.17) is 23.3 Å². The molecule has 2 aromatic rings. The molecule has 0 saturated carbocycles. The van der Waals surface area contributed by atoms with Crippen LogP contribution in [0.2, 0.25) is 0 Å². The van der Waals surface area contributed by atoms with E-state index < -0.39 is 10.4 Å². The summed E-state index contributed by atoms with van der Waals surface area (Å²) in [6.07, 6.45) is 5.02. The van der Waals surface area contributed by atoms with Crippen molar-refractivity contribution < 1.29 is 17.5 Å². The zero-order chi connectivity index (χ0) is 14.5. The summed E-state index contributed by atoms with van der Waals surface area (Å²) < 4.78 is 31.6. The molecule has 0 fully saturated rings. The molecule has 0 aromatic carbocycles. The van der Waals surface area contributed by atoms with E-state index in [0.29, 0.717) is 0 Å². The molecule has 0 radical (unpaired) electrons. The average molecular weight is 285 g/mol. The van der Waals surface area contributed by atoms with Crippen LogP contribution in [0.5, 0.6) is 0 Å². The quantitative estimate of drug-likeness (QED) is 0.553. The molecule has 0 unspecified atom stereocenters. The minimum Gasteiger partial charge on any atom is -0.394 e. The number of nitrogens with zero attached hydrogens (tertiary/aromatic N) is 1. The number of H-pyrrole nitrogens is 1. The van der Waals surface area contributed by atoms with Crippen LogP contribution in [0, 0.1) is 0 Å². The van der Waals surface area contributed by atoms with Gasteiger partial charge in [0.2, 0.25) is 0 Å². The summed E-state index contributed by atoms with van der Waals surface area (Å²) in [5, 5.41) is 0. The standard InChI is InChI=1S/C10H9N3O.H2O4S/c11-9-5-8(6-13-10(9)14)7-1-3-12-4-2-7;1-5(2,3)4/h1-6H,11H2,(H,13,14);(H2,1,2,3,4). The molecular formula is C10H11N3O5S. The second kappa shape index (κ2) is 6.09. The lowest BCUT2D eigenvalue weighted by atomic mass is 10.1. The van der Waals surface area contributed by atoms with Crippen molar-refractivity contribution in [3.05, 3.63) is 47.1 Å². The van der Waals surface area contributed by atoms with Crippen LogP contribution < -0.4 is 11.3 Å². The molecule has 19 heavy (non-hydrogen) atoms. The molecule has 102 valence electrons. The normalized spacial score (nSPS) is 10.4.